The lowest BCUT2D eigenvalue weighted by Crippen LogP contribution is -2.37. The molecule has 0 atom stereocenters. The molecule has 0 fully saturated rings. The Balaban J connectivity index is 2.31. The van der Waals surface area contributed by atoms with Gasteiger partial charge in [0.25, 0.3) is 0 Å². The molecule has 0 aliphatic heterocycles. The van der Waals surface area contributed by atoms with E-state index in [0.29, 0.717) is 6.54 Å². The van der Waals surface area contributed by atoms with Crippen LogP contribution >= 0.6 is 0 Å². The lowest BCUT2D eigenvalue weighted by Gasteiger charge is -2.16. The first kappa shape index (κ1) is 17.6. The quantitative estimate of drug-likeness (QED) is 0.754. The number of rotatable bonds is 8. The molecule has 0 saturated heterocycles. The summed E-state index contributed by atoms with van der Waals surface area (Å²) >= 11 is 0. The molecule has 0 radical (unpaired) electrons. The molecule has 21 heavy (non-hydrogen) atoms. The van der Waals surface area contributed by atoms with Crippen molar-refractivity contribution in [2.24, 2.45) is 0 Å². The van der Waals surface area contributed by atoms with Crippen molar-refractivity contribution >= 4 is 15.7 Å². The molecular formula is C14H23N3O3S. The molecule has 0 aliphatic carbocycles. The number of carbonyl (C=O) groups is 1. The normalized spacial score (nSPS) is 11.9. The molecule has 1 rings (SSSR count). The van der Waals surface area contributed by atoms with E-state index in [-0.39, 0.29) is 24.7 Å². The van der Waals surface area contributed by atoms with Gasteiger partial charge in [0.1, 0.15) is 0 Å². The van der Waals surface area contributed by atoms with Gasteiger partial charge in [-0.2, -0.15) is 0 Å². The van der Waals surface area contributed by atoms with Gasteiger partial charge >= 0.3 is 0 Å². The average Bonchev–Trinajstić information content (AvgIpc) is 2.39. The Morgan fingerprint density at radius 2 is 1.95 bits per heavy atom. The van der Waals surface area contributed by atoms with Crippen molar-refractivity contribution < 1.29 is 13.2 Å². The minimum absolute atomic E-state index is 0.0233. The monoisotopic (exact) mass is 313 g/mol. The minimum Gasteiger partial charge on any atom is -0.354 e. The van der Waals surface area contributed by atoms with Crippen LogP contribution in [0.3, 0.4) is 0 Å². The van der Waals surface area contributed by atoms with E-state index < -0.39 is 15.1 Å². The van der Waals surface area contributed by atoms with Crippen LogP contribution in [-0.4, -0.2) is 55.3 Å². The predicted octanol–water partition coefficient (Wildman–Crippen LogP) is 0.453. The molecule has 1 heterocycles. The van der Waals surface area contributed by atoms with Crippen molar-refractivity contribution in [2.45, 2.75) is 25.6 Å². The van der Waals surface area contributed by atoms with E-state index in [0.717, 1.165) is 5.56 Å². The maximum atomic E-state index is 11.7. The Bertz CT molecular complexity index is 544. The van der Waals surface area contributed by atoms with E-state index in [1.54, 1.807) is 26.2 Å². The van der Waals surface area contributed by atoms with Gasteiger partial charge in [-0.15, -0.1) is 0 Å². The fourth-order valence-electron chi connectivity index (χ4n) is 1.73. The summed E-state index contributed by atoms with van der Waals surface area (Å²) in [5.41, 5.74) is 1.07. The number of hydrogen-bond acceptors (Lipinski definition) is 5. The van der Waals surface area contributed by atoms with E-state index in [1.165, 1.54) is 0 Å². The van der Waals surface area contributed by atoms with Crippen LogP contribution in [0.15, 0.2) is 24.5 Å². The summed E-state index contributed by atoms with van der Waals surface area (Å²) in [7, 11) is -1.27. The number of pyridine rings is 1. The molecule has 1 aromatic heterocycles. The molecule has 7 heteroatoms. The van der Waals surface area contributed by atoms with E-state index in [4.69, 9.17) is 0 Å². The summed E-state index contributed by atoms with van der Waals surface area (Å²) < 4.78 is 23.2. The van der Waals surface area contributed by atoms with Gasteiger partial charge in [0.05, 0.1) is 17.5 Å². The molecule has 0 saturated carbocycles. The van der Waals surface area contributed by atoms with Crippen molar-refractivity contribution in [3.05, 3.63) is 30.1 Å². The Morgan fingerprint density at radius 3 is 2.52 bits per heavy atom. The third-order valence-electron chi connectivity index (χ3n) is 3.04. The van der Waals surface area contributed by atoms with Crippen molar-refractivity contribution in [1.29, 1.82) is 0 Å². The maximum absolute atomic E-state index is 11.7. The van der Waals surface area contributed by atoms with Gasteiger partial charge in [-0.25, -0.2) is 8.42 Å². The Morgan fingerprint density at radius 1 is 1.33 bits per heavy atom. The third kappa shape index (κ3) is 6.68. The number of sulfone groups is 1. The number of hydrogen-bond donors (Lipinski definition) is 1. The van der Waals surface area contributed by atoms with Gasteiger partial charge in [0, 0.05) is 25.5 Å². The van der Waals surface area contributed by atoms with Gasteiger partial charge in [-0.3, -0.25) is 14.7 Å². The fraction of sp³-hybridized carbons (Fsp3) is 0.571. The zero-order chi connectivity index (χ0) is 15.9. The second-order valence-corrected chi connectivity index (χ2v) is 7.97. The highest BCUT2D eigenvalue weighted by molar-refractivity contribution is 7.92. The van der Waals surface area contributed by atoms with Crippen LogP contribution in [0.4, 0.5) is 0 Å². The summed E-state index contributed by atoms with van der Waals surface area (Å²) in [5.74, 6) is -0.199. The van der Waals surface area contributed by atoms with E-state index in [1.807, 2.05) is 24.1 Å². The predicted molar refractivity (Wildman–Crippen MR) is 82.5 cm³/mol. The first-order valence-corrected chi connectivity index (χ1v) is 8.58. The number of likely N-dealkylation sites (N-methyl/N-ethyl adjacent to an activating group) is 1. The number of nitrogens with zero attached hydrogens (tertiary/aromatic N) is 2. The molecule has 0 unspecified atom stereocenters. The van der Waals surface area contributed by atoms with Crippen LogP contribution in [0.25, 0.3) is 0 Å². The molecule has 0 bridgehead atoms. The van der Waals surface area contributed by atoms with Crippen LogP contribution in [0.5, 0.6) is 0 Å². The highest BCUT2D eigenvalue weighted by atomic mass is 32.2. The van der Waals surface area contributed by atoms with Gasteiger partial charge < -0.3 is 5.32 Å². The number of amides is 1. The Hall–Kier alpha value is -1.47. The van der Waals surface area contributed by atoms with Gasteiger partial charge in [0.2, 0.25) is 5.91 Å². The lowest BCUT2D eigenvalue weighted by molar-refractivity contribution is -0.121. The highest BCUT2D eigenvalue weighted by Gasteiger charge is 2.16. The lowest BCUT2D eigenvalue weighted by atomic mass is 10.2. The second-order valence-electron chi connectivity index (χ2n) is 5.29. The molecule has 1 aromatic rings. The van der Waals surface area contributed by atoms with Crippen LogP contribution in [0, 0.1) is 0 Å². The minimum atomic E-state index is -3.11. The van der Waals surface area contributed by atoms with Crippen molar-refractivity contribution in [3.8, 4) is 0 Å². The standard InChI is InChI=1S/C14H23N3O3S/c1-12(2)21(19,20)9-8-16-14(18)11-17(3)10-13-4-6-15-7-5-13/h4-7,12H,8-11H2,1-3H3,(H,16,18). The van der Waals surface area contributed by atoms with E-state index in [9.17, 15) is 13.2 Å². The first-order valence-electron chi connectivity index (χ1n) is 6.87. The summed E-state index contributed by atoms with van der Waals surface area (Å²) in [4.78, 5) is 17.5. The highest BCUT2D eigenvalue weighted by Crippen LogP contribution is 2.01. The van der Waals surface area contributed by atoms with Gasteiger partial charge in [-0.1, -0.05) is 0 Å². The topological polar surface area (TPSA) is 79.4 Å². The molecule has 0 aromatic carbocycles. The maximum Gasteiger partial charge on any atom is 0.234 e. The van der Waals surface area contributed by atoms with Crippen molar-refractivity contribution in [1.82, 2.24) is 15.2 Å². The summed E-state index contributed by atoms with van der Waals surface area (Å²) in [6, 6.07) is 3.78. The number of carbonyl (C=O) groups excluding carboxylic acids is 1. The zero-order valence-electron chi connectivity index (χ0n) is 12.7. The van der Waals surface area contributed by atoms with E-state index in [2.05, 4.69) is 10.3 Å². The van der Waals surface area contributed by atoms with Gasteiger partial charge in [-0.05, 0) is 38.6 Å². The van der Waals surface area contributed by atoms with Crippen LogP contribution < -0.4 is 5.32 Å². The zero-order valence-corrected chi connectivity index (χ0v) is 13.6. The largest absolute Gasteiger partial charge is 0.354 e. The molecule has 6 nitrogen and oxygen atoms in total. The third-order valence-corrected chi connectivity index (χ3v) is 5.25. The first-order chi connectivity index (χ1) is 9.81. The van der Waals surface area contributed by atoms with Crippen LogP contribution in [-0.2, 0) is 21.2 Å². The summed E-state index contributed by atoms with van der Waals surface area (Å²) in [5, 5.41) is 2.23. The molecule has 0 spiro atoms. The van der Waals surface area contributed by atoms with Crippen LogP contribution in [0.1, 0.15) is 19.4 Å². The molecule has 1 amide bonds. The van der Waals surface area contributed by atoms with Gasteiger partial charge in [0.15, 0.2) is 9.84 Å². The molecule has 0 aliphatic rings. The summed E-state index contributed by atoms with van der Waals surface area (Å²) in [6.45, 7) is 4.30. The molecular weight excluding hydrogens is 290 g/mol. The van der Waals surface area contributed by atoms with Crippen molar-refractivity contribution in [3.63, 3.8) is 0 Å². The fourth-order valence-corrected chi connectivity index (χ4v) is 2.58. The van der Waals surface area contributed by atoms with E-state index >= 15 is 0 Å². The second kappa shape index (κ2) is 8.09. The Kier molecular flexibility index (Phi) is 6.77. The van der Waals surface area contributed by atoms with Crippen LogP contribution in [0.2, 0.25) is 0 Å². The number of aromatic nitrogens is 1. The summed E-state index contributed by atoms with van der Waals surface area (Å²) in [6.07, 6.45) is 3.42. The Labute approximate surface area is 126 Å². The number of nitrogens with one attached hydrogen (secondary N) is 1. The van der Waals surface area contributed by atoms with Crippen molar-refractivity contribution in [2.75, 3.05) is 25.9 Å². The smallest absolute Gasteiger partial charge is 0.234 e. The molecule has 118 valence electrons. The average molecular weight is 313 g/mol. The molecule has 1 N–H and O–H groups in total. The SMILES string of the molecule is CC(C)S(=O)(=O)CCNC(=O)CN(C)Cc1ccncc1.